The number of halogens is 2. The lowest BCUT2D eigenvalue weighted by molar-refractivity contribution is 0.102. The summed E-state index contributed by atoms with van der Waals surface area (Å²) < 4.78 is 0.999. The normalized spacial score (nSPS) is 10.4. The second kappa shape index (κ2) is 5.98. The van der Waals surface area contributed by atoms with Crippen LogP contribution < -0.4 is 5.32 Å². The van der Waals surface area contributed by atoms with Crippen LogP contribution in [0.5, 0.6) is 0 Å². The fourth-order valence-corrected chi connectivity index (χ4v) is 3.10. The average Bonchev–Trinajstić information content (AvgIpc) is 2.33. The van der Waals surface area contributed by atoms with Gasteiger partial charge < -0.3 is 5.32 Å². The van der Waals surface area contributed by atoms with E-state index >= 15 is 0 Å². The first kappa shape index (κ1) is 15.1. The number of rotatable bonds is 2. The molecule has 1 amide bonds. The molecule has 2 aromatic rings. The van der Waals surface area contributed by atoms with Crippen LogP contribution in [0.3, 0.4) is 0 Å². The van der Waals surface area contributed by atoms with Crippen molar-refractivity contribution in [3.8, 4) is 0 Å². The Morgan fingerprint density at radius 2 is 1.70 bits per heavy atom. The van der Waals surface area contributed by atoms with Crippen molar-refractivity contribution < 1.29 is 4.79 Å². The molecule has 0 aromatic heterocycles. The molecular weight excluding hydrogens is 338 g/mol. The third-order valence-corrected chi connectivity index (χ3v) is 3.88. The summed E-state index contributed by atoms with van der Waals surface area (Å²) in [5.41, 5.74) is 4.36. The van der Waals surface area contributed by atoms with Crippen LogP contribution in [-0.2, 0) is 0 Å². The molecule has 2 rings (SSSR count). The molecule has 2 aromatic carbocycles. The number of benzene rings is 2. The van der Waals surface area contributed by atoms with Gasteiger partial charge in [0.1, 0.15) is 0 Å². The van der Waals surface area contributed by atoms with Gasteiger partial charge in [0.25, 0.3) is 5.91 Å². The number of amides is 1. The molecule has 1 N–H and O–H groups in total. The van der Waals surface area contributed by atoms with Crippen molar-refractivity contribution in [2.24, 2.45) is 0 Å². The molecular formula is C16H15BrClNO. The molecule has 0 aliphatic rings. The molecule has 0 spiro atoms. The number of carbonyl (C=O) groups excluding carboxylic acids is 1. The van der Waals surface area contributed by atoms with E-state index < -0.39 is 0 Å². The summed E-state index contributed by atoms with van der Waals surface area (Å²) in [5.74, 6) is -0.191. The van der Waals surface area contributed by atoms with Gasteiger partial charge >= 0.3 is 0 Å². The Bertz CT molecular complexity index is 659. The van der Waals surface area contributed by atoms with Gasteiger partial charge in [-0.25, -0.2) is 0 Å². The topological polar surface area (TPSA) is 29.1 Å². The smallest absolute Gasteiger partial charge is 0.257 e. The van der Waals surface area contributed by atoms with Crippen LogP contribution in [0, 0.1) is 20.8 Å². The average molecular weight is 353 g/mol. The van der Waals surface area contributed by atoms with E-state index in [0.29, 0.717) is 10.6 Å². The molecule has 0 aliphatic heterocycles. The van der Waals surface area contributed by atoms with Crippen molar-refractivity contribution in [2.45, 2.75) is 20.8 Å². The molecule has 0 atom stereocenters. The van der Waals surface area contributed by atoms with E-state index in [-0.39, 0.29) is 5.91 Å². The van der Waals surface area contributed by atoms with Crippen LogP contribution in [-0.4, -0.2) is 5.91 Å². The molecule has 0 fully saturated rings. The summed E-state index contributed by atoms with van der Waals surface area (Å²) in [6.07, 6.45) is 0. The maximum atomic E-state index is 12.3. The van der Waals surface area contributed by atoms with Crippen molar-refractivity contribution in [3.63, 3.8) is 0 Å². The first-order valence-corrected chi connectivity index (χ1v) is 7.40. The van der Waals surface area contributed by atoms with E-state index in [1.54, 1.807) is 12.1 Å². The Labute approximate surface area is 132 Å². The zero-order valence-corrected chi connectivity index (χ0v) is 13.9. The fraction of sp³-hybridized carbons (Fsp3) is 0.188. The predicted octanol–water partition coefficient (Wildman–Crippen LogP) is 5.28. The number of hydrogen-bond donors (Lipinski definition) is 1. The second-order valence-corrected chi connectivity index (χ2v) is 6.17. The predicted molar refractivity (Wildman–Crippen MR) is 87.8 cm³/mol. The molecule has 0 radical (unpaired) electrons. The highest BCUT2D eigenvalue weighted by atomic mass is 79.9. The lowest BCUT2D eigenvalue weighted by atomic mass is 10.1. The van der Waals surface area contributed by atoms with Crippen LogP contribution >= 0.6 is 27.5 Å². The largest absolute Gasteiger partial charge is 0.321 e. The minimum atomic E-state index is -0.191. The molecule has 0 heterocycles. The monoisotopic (exact) mass is 351 g/mol. The lowest BCUT2D eigenvalue weighted by Crippen LogP contribution is -2.14. The first-order valence-electron chi connectivity index (χ1n) is 6.22. The number of aryl methyl sites for hydroxylation is 3. The number of carbonyl (C=O) groups is 1. The minimum absolute atomic E-state index is 0.191. The van der Waals surface area contributed by atoms with Gasteiger partial charge in [-0.15, -0.1) is 0 Å². The maximum Gasteiger partial charge on any atom is 0.257 e. The summed E-state index contributed by atoms with van der Waals surface area (Å²) in [7, 11) is 0. The number of anilines is 1. The van der Waals surface area contributed by atoms with Gasteiger partial charge in [-0.3, -0.25) is 4.79 Å². The van der Waals surface area contributed by atoms with Gasteiger partial charge in [0, 0.05) is 10.2 Å². The summed E-state index contributed by atoms with van der Waals surface area (Å²) in [4.78, 5) is 12.3. The summed E-state index contributed by atoms with van der Waals surface area (Å²) >= 11 is 9.57. The Balaban J connectivity index is 2.33. The van der Waals surface area contributed by atoms with Crippen LogP contribution in [0.1, 0.15) is 27.0 Å². The molecule has 0 saturated heterocycles. The fourth-order valence-electron chi connectivity index (χ4n) is 2.09. The van der Waals surface area contributed by atoms with Gasteiger partial charge in [-0.2, -0.15) is 0 Å². The van der Waals surface area contributed by atoms with Gasteiger partial charge in [0.05, 0.1) is 10.6 Å². The standard InChI is InChI=1S/C16H15BrClNO/c1-9-4-5-13(14(18)6-9)16(20)19-15-10(2)7-12(17)8-11(15)3/h4-8H,1-3H3,(H,19,20). The van der Waals surface area contributed by atoms with Crippen molar-refractivity contribution >= 4 is 39.1 Å². The van der Waals surface area contributed by atoms with E-state index in [9.17, 15) is 4.79 Å². The first-order chi connectivity index (χ1) is 9.38. The second-order valence-electron chi connectivity index (χ2n) is 4.85. The summed E-state index contributed by atoms with van der Waals surface area (Å²) in [6, 6.07) is 9.36. The van der Waals surface area contributed by atoms with Gasteiger partial charge in [-0.05, 0) is 61.7 Å². The van der Waals surface area contributed by atoms with Gasteiger partial charge in [-0.1, -0.05) is 33.6 Å². The minimum Gasteiger partial charge on any atom is -0.321 e. The highest BCUT2D eigenvalue weighted by Gasteiger charge is 2.13. The highest BCUT2D eigenvalue weighted by Crippen LogP contribution is 2.26. The molecule has 0 bridgehead atoms. The zero-order chi connectivity index (χ0) is 14.9. The Kier molecular flexibility index (Phi) is 4.51. The number of hydrogen-bond acceptors (Lipinski definition) is 1. The van der Waals surface area contributed by atoms with E-state index in [2.05, 4.69) is 21.2 Å². The van der Waals surface area contributed by atoms with Crippen LogP contribution in [0.15, 0.2) is 34.8 Å². The highest BCUT2D eigenvalue weighted by molar-refractivity contribution is 9.10. The van der Waals surface area contributed by atoms with E-state index in [1.807, 2.05) is 39.0 Å². The molecule has 0 saturated carbocycles. The number of nitrogens with one attached hydrogen (secondary N) is 1. The van der Waals surface area contributed by atoms with Crippen molar-refractivity contribution in [2.75, 3.05) is 5.32 Å². The van der Waals surface area contributed by atoms with Crippen LogP contribution in [0.25, 0.3) is 0 Å². The molecule has 104 valence electrons. The third kappa shape index (κ3) is 3.22. The molecule has 2 nitrogen and oxygen atoms in total. The Hall–Kier alpha value is -1.32. The van der Waals surface area contributed by atoms with Gasteiger partial charge in [0.2, 0.25) is 0 Å². The van der Waals surface area contributed by atoms with Crippen LogP contribution in [0.4, 0.5) is 5.69 Å². The Morgan fingerprint density at radius 3 is 2.25 bits per heavy atom. The summed E-state index contributed by atoms with van der Waals surface area (Å²) in [5, 5.41) is 3.41. The maximum absolute atomic E-state index is 12.3. The third-order valence-electron chi connectivity index (χ3n) is 3.11. The SMILES string of the molecule is Cc1ccc(C(=O)Nc2c(C)cc(Br)cc2C)c(Cl)c1. The van der Waals surface area contributed by atoms with E-state index in [4.69, 9.17) is 11.6 Å². The molecule has 0 aliphatic carbocycles. The van der Waals surface area contributed by atoms with Crippen molar-refractivity contribution in [1.29, 1.82) is 0 Å². The molecule has 20 heavy (non-hydrogen) atoms. The molecule has 0 unspecified atom stereocenters. The molecule has 4 heteroatoms. The van der Waals surface area contributed by atoms with Crippen molar-refractivity contribution in [3.05, 3.63) is 62.1 Å². The van der Waals surface area contributed by atoms with Crippen molar-refractivity contribution in [1.82, 2.24) is 0 Å². The Morgan fingerprint density at radius 1 is 1.10 bits per heavy atom. The zero-order valence-electron chi connectivity index (χ0n) is 11.6. The van der Waals surface area contributed by atoms with E-state index in [1.165, 1.54) is 0 Å². The van der Waals surface area contributed by atoms with Gasteiger partial charge in [0.15, 0.2) is 0 Å². The van der Waals surface area contributed by atoms with E-state index in [0.717, 1.165) is 26.9 Å². The quantitative estimate of drug-likeness (QED) is 0.782. The lowest BCUT2D eigenvalue weighted by Gasteiger charge is -2.13. The summed E-state index contributed by atoms with van der Waals surface area (Å²) in [6.45, 7) is 5.87. The van der Waals surface area contributed by atoms with Crippen LogP contribution in [0.2, 0.25) is 5.02 Å².